The largest absolute Gasteiger partial charge is 0.506 e. The van der Waals surface area contributed by atoms with Crippen molar-refractivity contribution in [1.29, 1.82) is 0 Å². The first-order valence-electron chi connectivity index (χ1n) is 9.05. The van der Waals surface area contributed by atoms with Gasteiger partial charge in [0.15, 0.2) is 0 Å². The third-order valence-electron chi connectivity index (χ3n) is 4.46. The fraction of sp³-hybridized carbons (Fsp3) is 0.0952. The number of benzene rings is 3. The number of hydrogen-bond acceptors (Lipinski definition) is 4. The molecule has 1 amide bonds. The number of anilines is 2. The molecule has 6 nitrogen and oxygen atoms in total. The first-order valence-corrected chi connectivity index (χ1v) is 11.6. The van der Waals surface area contributed by atoms with Crippen molar-refractivity contribution in [3.8, 4) is 5.75 Å². The molecule has 168 valence electrons. The van der Waals surface area contributed by atoms with E-state index in [0.29, 0.717) is 9.33 Å². The zero-order valence-electron chi connectivity index (χ0n) is 16.4. The Bertz CT molecular complexity index is 1270. The lowest BCUT2D eigenvalue weighted by atomic mass is 10.2. The number of nitrogens with zero attached hydrogens (tertiary/aromatic N) is 1. The fourth-order valence-corrected chi connectivity index (χ4v) is 4.96. The van der Waals surface area contributed by atoms with E-state index in [1.165, 1.54) is 55.5 Å². The van der Waals surface area contributed by atoms with Crippen LogP contribution in [0.5, 0.6) is 5.75 Å². The minimum atomic E-state index is -4.44. The molecule has 0 saturated carbocycles. The smallest absolute Gasteiger partial charge is 0.265 e. The van der Waals surface area contributed by atoms with Crippen LogP contribution in [-0.4, -0.2) is 25.5 Å². The van der Waals surface area contributed by atoms with Gasteiger partial charge in [-0.15, -0.1) is 0 Å². The Kier molecular flexibility index (Phi) is 7.19. The average Bonchev–Trinajstić information content (AvgIpc) is 2.73. The Morgan fingerprint density at radius 2 is 1.53 bits per heavy atom. The molecular weight excluding hydrogens is 502 g/mol. The van der Waals surface area contributed by atoms with E-state index < -0.39 is 33.5 Å². The maximum Gasteiger partial charge on any atom is 0.265 e. The SMILES string of the molecule is C[C@H](C(=O)Nc1cc(Cl)ccc1O)N(c1cc(Cl)ccc1F)S(=O)(=O)c1ccc(Cl)cc1. The van der Waals surface area contributed by atoms with E-state index >= 15 is 0 Å². The van der Waals surface area contributed by atoms with E-state index in [2.05, 4.69) is 5.32 Å². The van der Waals surface area contributed by atoms with Crippen LogP contribution in [0.3, 0.4) is 0 Å². The minimum Gasteiger partial charge on any atom is -0.506 e. The van der Waals surface area contributed by atoms with Crippen molar-refractivity contribution < 1.29 is 22.7 Å². The number of nitrogens with one attached hydrogen (secondary N) is 1. The van der Waals surface area contributed by atoms with Crippen LogP contribution in [0.25, 0.3) is 0 Å². The Morgan fingerprint density at radius 1 is 0.969 bits per heavy atom. The molecule has 0 radical (unpaired) electrons. The number of aromatic hydroxyl groups is 1. The van der Waals surface area contributed by atoms with E-state index in [9.17, 15) is 22.7 Å². The van der Waals surface area contributed by atoms with Gasteiger partial charge in [0.1, 0.15) is 17.6 Å². The molecule has 3 aromatic rings. The molecule has 0 spiro atoms. The summed E-state index contributed by atoms with van der Waals surface area (Å²) < 4.78 is 42.2. The van der Waals surface area contributed by atoms with Crippen molar-refractivity contribution in [1.82, 2.24) is 0 Å². The molecule has 3 rings (SSSR count). The summed E-state index contributed by atoms with van der Waals surface area (Å²) in [5.74, 6) is -2.03. The normalized spacial score (nSPS) is 12.3. The first kappa shape index (κ1) is 24.1. The predicted molar refractivity (Wildman–Crippen MR) is 124 cm³/mol. The number of halogens is 4. The number of sulfonamides is 1. The first-order chi connectivity index (χ1) is 15.0. The number of phenols is 1. The fourth-order valence-electron chi connectivity index (χ4n) is 2.87. The summed E-state index contributed by atoms with van der Waals surface area (Å²) in [6, 6.07) is 11.0. The van der Waals surface area contributed by atoms with E-state index in [-0.39, 0.29) is 26.4 Å². The van der Waals surface area contributed by atoms with Crippen molar-refractivity contribution in [2.75, 3.05) is 9.62 Å². The van der Waals surface area contributed by atoms with Gasteiger partial charge in [0, 0.05) is 15.1 Å². The van der Waals surface area contributed by atoms with Crippen LogP contribution in [0, 0.1) is 5.82 Å². The summed E-state index contributed by atoms with van der Waals surface area (Å²) in [5, 5.41) is 13.0. The molecule has 0 bridgehead atoms. The number of rotatable bonds is 6. The van der Waals surface area contributed by atoms with Crippen molar-refractivity contribution in [2.45, 2.75) is 17.9 Å². The molecule has 0 heterocycles. The highest BCUT2D eigenvalue weighted by atomic mass is 35.5. The van der Waals surface area contributed by atoms with Crippen LogP contribution in [0.15, 0.2) is 65.6 Å². The maximum absolute atomic E-state index is 14.7. The molecule has 1 atom stereocenters. The van der Waals surface area contributed by atoms with Gasteiger partial charge in [-0.2, -0.15) is 0 Å². The van der Waals surface area contributed by atoms with Crippen LogP contribution in [0.1, 0.15) is 6.92 Å². The molecule has 32 heavy (non-hydrogen) atoms. The molecule has 2 N–H and O–H groups in total. The zero-order valence-corrected chi connectivity index (χ0v) is 19.5. The number of phenolic OH excluding ortho intramolecular Hbond substituents is 1. The molecule has 3 aromatic carbocycles. The summed E-state index contributed by atoms with van der Waals surface area (Å²) >= 11 is 17.7. The van der Waals surface area contributed by atoms with Crippen molar-refractivity contribution >= 4 is 62.1 Å². The monoisotopic (exact) mass is 516 g/mol. The summed E-state index contributed by atoms with van der Waals surface area (Å²) in [4.78, 5) is 12.8. The average molecular weight is 518 g/mol. The van der Waals surface area contributed by atoms with Gasteiger partial charge in [0.25, 0.3) is 10.0 Å². The number of carbonyl (C=O) groups is 1. The van der Waals surface area contributed by atoms with Gasteiger partial charge >= 0.3 is 0 Å². The molecule has 0 aliphatic heterocycles. The van der Waals surface area contributed by atoms with Gasteiger partial charge in [-0.3, -0.25) is 9.10 Å². The summed E-state index contributed by atoms with van der Waals surface area (Å²) in [5.41, 5.74) is -0.463. The van der Waals surface area contributed by atoms with Crippen LogP contribution in [0.2, 0.25) is 15.1 Å². The van der Waals surface area contributed by atoms with Gasteiger partial charge in [-0.25, -0.2) is 12.8 Å². The third-order valence-corrected chi connectivity index (χ3v) is 7.08. The van der Waals surface area contributed by atoms with Gasteiger partial charge in [-0.1, -0.05) is 34.8 Å². The number of amides is 1. The lowest BCUT2D eigenvalue weighted by molar-refractivity contribution is -0.116. The molecule has 0 saturated heterocycles. The van der Waals surface area contributed by atoms with Crippen molar-refractivity contribution in [2.24, 2.45) is 0 Å². The van der Waals surface area contributed by atoms with Gasteiger partial charge in [0.05, 0.1) is 16.3 Å². The van der Waals surface area contributed by atoms with Crippen molar-refractivity contribution in [3.63, 3.8) is 0 Å². The highest BCUT2D eigenvalue weighted by molar-refractivity contribution is 7.93. The second-order valence-electron chi connectivity index (χ2n) is 6.68. The topological polar surface area (TPSA) is 86.7 Å². The lowest BCUT2D eigenvalue weighted by Crippen LogP contribution is -2.46. The Morgan fingerprint density at radius 3 is 2.19 bits per heavy atom. The van der Waals surface area contributed by atoms with Crippen LogP contribution in [0.4, 0.5) is 15.8 Å². The molecule has 0 fully saturated rings. The molecular formula is C21H16Cl3FN2O4S. The minimum absolute atomic E-state index is 0.0373. The molecule has 0 aliphatic carbocycles. The third kappa shape index (κ3) is 5.10. The van der Waals surface area contributed by atoms with Gasteiger partial charge in [0.2, 0.25) is 5.91 Å². The summed E-state index contributed by atoms with van der Waals surface area (Å²) in [6.45, 7) is 1.27. The summed E-state index contributed by atoms with van der Waals surface area (Å²) in [7, 11) is -4.44. The van der Waals surface area contributed by atoms with Gasteiger partial charge < -0.3 is 10.4 Å². The van der Waals surface area contributed by atoms with E-state index in [4.69, 9.17) is 34.8 Å². The molecule has 0 aliphatic rings. The second-order valence-corrected chi connectivity index (χ2v) is 9.80. The molecule has 0 aromatic heterocycles. The van der Waals surface area contributed by atoms with Gasteiger partial charge in [-0.05, 0) is 67.6 Å². The lowest BCUT2D eigenvalue weighted by Gasteiger charge is -2.30. The van der Waals surface area contributed by atoms with Crippen LogP contribution < -0.4 is 9.62 Å². The second kappa shape index (κ2) is 9.54. The highest BCUT2D eigenvalue weighted by Crippen LogP contribution is 2.33. The standard InChI is InChI=1S/C21H16Cl3FN2O4S/c1-12(21(29)26-18-10-14(23)5-9-20(18)28)27(19-11-15(24)4-8-17(19)25)32(30,31)16-6-2-13(22)3-7-16/h2-12,28H,1H3,(H,26,29)/t12-/m1/s1. The van der Waals surface area contributed by atoms with Crippen LogP contribution >= 0.6 is 34.8 Å². The molecule has 11 heteroatoms. The predicted octanol–water partition coefficient (Wildman–Crippen LogP) is 5.71. The quantitative estimate of drug-likeness (QED) is 0.410. The summed E-state index contributed by atoms with van der Waals surface area (Å²) in [6.07, 6.45) is 0. The van der Waals surface area contributed by atoms with Crippen LogP contribution in [-0.2, 0) is 14.8 Å². The van der Waals surface area contributed by atoms with Crippen molar-refractivity contribution in [3.05, 3.63) is 81.5 Å². The van der Waals surface area contributed by atoms with E-state index in [1.54, 1.807) is 0 Å². The highest BCUT2D eigenvalue weighted by Gasteiger charge is 2.35. The Hall–Kier alpha value is -2.52. The maximum atomic E-state index is 14.7. The van der Waals surface area contributed by atoms with E-state index in [0.717, 1.165) is 12.1 Å². The van der Waals surface area contributed by atoms with E-state index in [1.807, 2.05) is 0 Å². The Balaban J connectivity index is 2.09. The zero-order chi connectivity index (χ0) is 23.6. The Labute approximate surface area is 199 Å². The number of hydrogen-bond donors (Lipinski definition) is 2. The number of carbonyl (C=O) groups excluding carboxylic acids is 1. The molecule has 0 unspecified atom stereocenters.